The first kappa shape index (κ1) is 14.0. The zero-order valence-corrected chi connectivity index (χ0v) is 12.9. The van der Waals surface area contributed by atoms with Crippen LogP contribution in [0.5, 0.6) is 0 Å². The topological polar surface area (TPSA) is 62.5 Å². The Morgan fingerprint density at radius 1 is 1.14 bits per heavy atom. The van der Waals surface area contributed by atoms with Crippen LogP contribution in [0.4, 0.5) is 5.69 Å². The molecule has 3 rings (SSSR count). The van der Waals surface area contributed by atoms with Gasteiger partial charge in [0.05, 0.1) is 24.6 Å². The van der Waals surface area contributed by atoms with E-state index in [-0.39, 0.29) is 6.61 Å². The molecule has 0 atom stereocenters. The van der Waals surface area contributed by atoms with Gasteiger partial charge in [-0.3, -0.25) is 4.40 Å². The number of aromatic nitrogens is 3. The lowest BCUT2D eigenvalue weighted by Crippen LogP contribution is -2.03. The molecule has 6 heteroatoms. The molecule has 5 nitrogen and oxygen atoms in total. The largest absolute Gasteiger partial charge is 0.396 e. The van der Waals surface area contributed by atoms with Crippen LogP contribution >= 0.6 is 15.9 Å². The second-order valence-corrected chi connectivity index (χ2v) is 5.52. The van der Waals surface area contributed by atoms with Gasteiger partial charge < -0.3 is 10.4 Å². The molecule has 0 radical (unpaired) electrons. The number of nitrogens with zero attached hydrogens (tertiary/aromatic N) is 3. The second kappa shape index (κ2) is 6.24. The van der Waals surface area contributed by atoms with E-state index in [0.717, 1.165) is 27.2 Å². The molecule has 21 heavy (non-hydrogen) atoms. The number of anilines is 1. The molecule has 0 amide bonds. The molecular formula is C15H15BrN4O. The second-order valence-electron chi connectivity index (χ2n) is 4.71. The highest BCUT2D eigenvalue weighted by atomic mass is 79.9. The normalized spacial score (nSPS) is 11.0. The van der Waals surface area contributed by atoms with Crippen LogP contribution in [0.25, 0.3) is 5.65 Å². The van der Waals surface area contributed by atoms with Crippen molar-refractivity contribution in [1.29, 1.82) is 0 Å². The molecule has 108 valence electrons. The molecule has 3 aromatic rings. The van der Waals surface area contributed by atoms with E-state index in [2.05, 4.69) is 31.2 Å². The molecule has 0 spiro atoms. The van der Waals surface area contributed by atoms with Gasteiger partial charge in [0.15, 0.2) is 5.65 Å². The lowest BCUT2D eigenvalue weighted by molar-refractivity contribution is 0.299. The number of fused-ring (bicyclic) bond motifs is 1. The van der Waals surface area contributed by atoms with Crippen molar-refractivity contribution in [3.8, 4) is 0 Å². The molecule has 0 aliphatic rings. The van der Waals surface area contributed by atoms with Crippen LogP contribution in [-0.2, 0) is 13.0 Å². The van der Waals surface area contributed by atoms with Crippen molar-refractivity contribution in [3.05, 3.63) is 58.7 Å². The smallest absolute Gasteiger partial charge is 0.155 e. The van der Waals surface area contributed by atoms with E-state index in [1.807, 2.05) is 41.1 Å². The van der Waals surface area contributed by atoms with E-state index >= 15 is 0 Å². The van der Waals surface area contributed by atoms with E-state index in [4.69, 9.17) is 5.11 Å². The third-order valence-electron chi connectivity index (χ3n) is 3.27. The minimum Gasteiger partial charge on any atom is -0.396 e. The first-order valence-corrected chi connectivity index (χ1v) is 7.47. The lowest BCUT2D eigenvalue weighted by atomic mass is 10.1. The third-order valence-corrected chi connectivity index (χ3v) is 3.68. The number of aliphatic hydroxyl groups is 1. The van der Waals surface area contributed by atoms with E-state index in [9.17, 15) is 0 Å². The zero-order valence-electron chi connectivity index (χ0n) is 11.3. The third kappa shape index (κ3) is 3.22. The Morgan fingerprint density at radius 3 is 2.71 bits per heavy atom. The molecule has 0 saturated carbocycles. The average molecular weight is 347 g/mol. The highest BCUT2D eigenvalue weighted by Gasteiger charge is 2.04. The summed E-state index contributed by atoms with van der Waals surface area (Å²) in [5.41, 5.74) is 4.06. The summed E-state index contributed by atoms with van der Waals surface area (Å²) < 4.78 is 2.78. The van der Waals surface area contributed by atoms with E-state index in [0.29, 0.717) is 13.0 Å². The zero-order chi connectivity index (χ0) is 14.7. The highest BCUT2D eigenvalue weighted by molar-refractivity contribution is 9.10. The lowest BCUT2D eigenvalue weighted by Gasteiger charge is -2.07. The van der Waals surface area contributed by atoms with Crippen molar-refractivity contribution >= 4 is 27.3 Å². The summed E-state index contributed by atoms with van der Waals surface area (Å²) in [5.74, 6) is 0. The van der Waals surface area contributed by atoms with Gasteiger partial charge in [0, 0.05) is 18.5 Å². The van der Waals surface area contributed by atoms with E-state index < -0.39 is 0 Å². The first-order chi connectivity index (χ1) is 10.3. The van der Waals surface area contributed by atoms with Crippen LogP contribution in [-0.4, -0.2) is 26.1 Å². The SMILES string of the molecule is OCCc1ccc(NCc2cnc3cnc(Br)cn23)cc1. The van der Waals surface area contributed by atoms with Gasteiger partial charge in [0.1, 0.15) is 4.60 Å². The number of aliphatic hydroxyl groups excluding tert-OH is 1. The quantitative estimate of drug-likeness (QED) is 0.745. The molecule has 0 unspecified atom stereocenters. The number of nitrogens with one attached hydrogen (secondary N) is 1. The Bertz CT molecular complexity index is 739. The molecular weight excluding hydrogens is 332 g/mol. The molecule has 2 heterocycles. The van der Waals surface area contributed by atoms with Gasteiger partial charge in [-0.1, -0.05) is 12.1 Å². The summed E-state index contributed by atoms with van der Waals surface area (Å²) in [4.78, 5) is 8.48. The molecule has 2 aromatic heterocycles. The Kier molecular flexibility index (Phi) is 4.17. The van der Waals surface area contributed by atoms with Crippen molar-refractivity contribution in [2.24, 2.45) is 0 Å². The number of halogens is 1. The first-order valence-electron chi connectivity index (χ1n) is 6.67. The Hall–Kier alpha value is -1.92. The Morgan fingerprint density at radius 2 is 1.95 bits per heavy atom. The number of imidazole rings is 1. The summed E-state index contributed by atoms with van der Waals surface area (Å²) in [7, 11) is 0. The average Bonchev–Trinajstić information content (AvgIpc) is 2.89. The van der Waals surface area contributed by atoms with Crippen LogP contribution in [0.2, 0.25) is 0 Å². The van der Waals surface area contributed by atoms with Crippen LogP contribution in [0.3, 0.4) is 0 Å². The van der Waals surface area contributed by atoms with Crippen molar-refractivity contribution in [3.63, 3.8) is 0 Å². The minimum atomic E-state index is 0.178. The van der Waals surface area contributed by atoms with Crippen molar-refractivity contribution in [2.75, 3.05) is 11.9 Å². The molecule has 0 fully saturated rings. The number of hydrogen-bond acceptors (Lipinski definition) is 4. The van der Waals surface area contributed by atoms with Gasteiger partial charge in [-0.05, 0) is 40.0 Å². The Balaban J connectivity index is 1.72. The van der Waals surface area contributed by atoms with Crippen molar-refractivity contribution in [1.82, 2.24) is 14.4 Å². The number of rotatable bonds is 5. The molecule has 0 bridgehead atoms. The summed E-state index contributed by atoms with van der Waals surface area (Å²) in [6, 6.07) is 8.08. The van der Waals surface area contributed by atoms with Gasteiger partial charge >= 0.3 is 0 Å². The summed E-state index contributed by atoms with van der Waals surface area (Å²) in [5, 5.41) is 12.3. The molecule has 0 saturated heterocycles. The van der Waals surface area contributed by atoms with Gasteiger partial charge in [0.2, 0.25) is 0 Å². The van der Waals surface area contributed by atoms with Crippen LogP contribution in [0, 0.1) is 0 Å². The number of benzene rings is 1. The standard InChI is InChI=1S/C15H15BrN4O/c16-14-10-20-13(8-19-15(20)9-18-14)7-17-12-3-1-11(2-4-12)5-6-21/h1-4,8-10,17,21H,5-7H2. The summed E-state index contributed by atoms with van der Waals surface area (Å²) in [6.45, 7) is 0.856. The molecule has 2 N–H and O–H groups in total. The van der Waals surface area contributed by atoms with E-state index in [1.165, 1.54) is 0 Å². The van der Waals surface area contributed by atoms with Gasteiger partial charge in [-0.2, -0.15) is 0 Å². The van der Waals surface area contributed by atoms with Crippen molar-refractivity contribution < 1.29 is 5.11 Å². The maximum atomic E-state index is 8.91. The van der Waals surface area contributed by atoms with Gasteiger partial charge in [0.25, 0.3) is 0 Å². The Labute approximate surface area is 130 Å². The van der Waals surface area contributed by atoms with Crippen molar-refractivity contribution in [2.45, 2.75) is 13.0 Å². The molecule has 0 aliphatic carbocycles. The van der Waals surface area contributed by atoms with Gasteiger partial charge in [-0.15, -0.1) is 0 Å². The number of hydrogen-bond donors (Lipinski definition) is 2. The van der Waals surface area contributed by atoms with E-state index in [1.54, 1.807) is 6.20 Å². The molecule has 1 aromatic carbocycles. The summed E-state index contributed by atoms with van der Waals surface area (Å²) >= 11 is 3.37. The predicted octanol–water partition coefficient (Wildman–Crippen LogP) is 2.64. The molecule has 0 aliphatic heterocycles. The predicted molar refractivity (Wildman–Crippen MR) is 85.2 cm³/mol. The summed E-state index contributed by atoms with van der Waals surface area (Å²) in [6.07, 6.45) is 6.17. The van der Waals surface area contributed by atoms with Crippen LogP contribution in [0.15, 0.2) is 47.5 Å². The van der Waals surface area contributed by atoms with Crippen LogP contribution in [0.1, 0.15) is 11.3 Å². The fourth-order valence-electron chi connectivity index (χ4n) is 2.16. The van der Waals surface area contributed by atoms with Crippen LogP contribution < -0.4 is 5.32 Å². The highest BCUT2D eigenvalue weighted by Crippen LogP contribution is 2.14. The fourth-order valence-corrected chi connectivity index (χ4v) is 2.46. The maximum absolute atomic E-state index is 8.91. The maximum Gasteiger partial charge on any atom is 0.155 e. The minimum absolute atomic E-state index is 0.178. The van der Waals surface area contributed by atoms with Gasteiger partial charge in [-0.25, -0.2) is 9.97 Å². The fraction of sp³-hybridized carbons (Fsp3) is 0.200. The monoisotopic (exact) mass is 346 g/mol.